The van der Waals surface area contributed by atoms with Gasteiger partial charge < -0.3 is 50.9 Å². The van der Waals surface area contributed by atoms with Crippen LogP contribution in [0.3, 0.4) is 0 Å². The standard InChI is InChI=1S/C22H24P.C21H19O2P.C14H20O2.C14H16O2.2C13H18O2.C11H10O3.C8H6O2.BrH.Na/c1-2-3-19-23(20-13-7-4-8-14-20,21-15-9-5-10-16-21)22-17-11-6-12-18-22;1-23-21(22)17-24(18-11-5-2-6-12-18,19-13-7-3-8-14-19)20-15-9-4-10-16-20;2*1-3-4-6-12-7-5-8-13(11-12)9-10-14(15)16-2;2*1-2-3-5-11-6-4-7-12(10-11)8-9-13(14)15;1-14-11(13)6-5-9-3-2-4-10(7-9)8-12;9-5-7-2-1-3-8(4-7)6-10;;/h4-18H,2-3,19H2,1H3;2-17H,1H3;5,7-8,11H,3-4,6,9-10H2,1-2H3;4-11H,3H2,1-2H3;2*4,6-7,10H,2-3,5,8-9H2,1H3,(H,14,15);2-8H,1H3;1-6H;1H;/q+1;;;;;;;;;+1/p-2/b;;;6-4?,10-9+;;;6-5+;;;. The number of allylic oxidation sites excluding steroid dienone is 1. The summed E-state index contributed by atoms with van der Waals surface area (Å²) in [6.07, 6.45) is 30.4. The summed E-state index contributed by atoms with van der Waals surface area (Å²) < 4.78 is 18.6. The van der Waals surface area contributed by atoms with Crippen LogP contribution >= 0.6 is 14.1 Å². The number of hydrogen-bond acceptors (Lipinski definition) is 14. The van der Waals surface area contributed by atoms with Crippen LogP contribution in [0.25, 0.3) is 18.2 Å². The fraction of sp³-hybridized carbons (Fsp3) is 0.241. The Bertz CT molecular complexity index is 5290. The van der Waals surface area contributed by atoms with E-state index < -0.39 is 32.1 Å². The van der Waals surface area contributed by atoms with Crippen LogP contribution in [-0.2, 0) is 86.2 Å². The van der Waals surface area contributed by atoms with Gasteiger partial charge in [0.25, 0.3) is 0 Å². The van der Waals surface area contributed by atoms with Gasteiger partial charge in [0.05, 0.1) is 34.6 Å². The molecule has 1 N–H and O–H groups in total. The second-order valence-electron chi connectivity index (χ2n) is 30.8. The van der Waals surface area contributed by atoms with Gasteiger partial charge in [-0.05, 0) is 217 Å². The first-order valence-corrected chi connectivity index (χ1v) is 49.2. The van der Waals surface area contributed by atoms with Crippen LogP contribution in [0.15, 0.2) is 346 Å². The number of aryl methyl sites for hydroxylation is 6. The molecule has 15 nitrogen and oxygen atoms in total. The topological polar surface area (TPSA) is 234 Å². The van der Waals surface area contributed by atoms with Crippen molar-refractivity contribution in [1.29, 1.82) is 0 Å². The van der Waals surface area contributed by atoms with Crippen molar-refractivity contribution in [1.82, 2.24) is 0 Å². The quantitative estimate of drug-likeness (QED) is 0.00952. The first-order chi connectivity index (χ1) is 64.7. The van der Waals surface area contributed by atoms with Gasteiger partial charge in [-0.3, -0.25) is 24.0 Å². The van der Waals surface area contributed by atoms with Gasteiger partial charge >= 0.3 is 59.4 Å². The van der Waals surface area contributed by atoms with Crippen molar-refractivity contribution in [2.24, 2.45) is 0 Å². The van der Waals surface area contributed by atoms with Gasteiger partial charge in [0, 0.05) is 53.4 Å². The van der Waals surface area contributed by atoms with Crippen molar-refractivity contribution < 1.29 is 119 Å². The van der Waals surface area contributed by atoms with Gasteiger partial charge in [0.1, 0.15) is 42.0 Å². The summed E-state index contributed by atoms with van der Waals surface area (Å²) in [5.41, 5.74) is 12.0. The smallest absolute Gasteiger partial charge is 1.00 e. The van der Waals surface area contributed by atoms with E-state index in [4.69, 9.17) is 9.84 Å². The molecule has 0 saturated carbocycles. The van der Waals surface area contributed by atoms with E-state index in [2.05, 4.69) is 237 Å². The molecule has 0 aliphatic rings. The Morgan fingerprint density at radius 1 is 0.333 bits per heavy atom. The number of carbonyl (C=O) groups excluding carboxylic acids is 8. The van der Waals surface area contributed by atoms with E-state index in [-0.39, 0.29) is 77.3 Å². The maximum Gasteiger partial charge on any atom is 1.00 e. The minimum atomic E-state index is -2.23. The van der Waals surface area contributed by atoms with Crippen LogP contribution in [0.2, 0.25) is 0 Å². The van der Waals surface area contributed by atoms with Crippen molar-refractivity contribution >= 4 is 125 Å². The van der Waals surface area contributed by atoms with Crippen LogP contribution in [0, 0.1) is 0 Å². The number of aldehydes is 3. The normalized spacial score (nSPS) is 10.3. The van der Waals surface area contributed by atoms with E-state index in [9.17, 15) is 48.3 Å². The average molecular weight is 1930 g/mol. The predicted molar refractivity (Wildman–Crippen MR) is 550 cm³/mol. The summed E-state index contributed by atoms with van der Waals surface area (Å²) in [6.45, 7) is 8.69. The van der Waals surface area contributed by atoms with Crippen LogP contribution < -0.4 is 83.5 Å². The monoisotopic (exact) mass is 1930 g/mol. The third kappa shape index (κ3) is 45.2. The molecule has 0 unspecified atom stereocenters. The number of benzene rings is 12. The zero-order valence-electron chi connectivity index (χ0n) is 79.8. The van der Waals surface area contributed by atoms with Crippen molar-refractivity contribution in [2.75, 3.05) is 34.6 Å². The average Bonchev–Trinajstić information content (AvgIpc) is 0.824. The molecule has 0 radical (unpaired) electrons. The molecule has 12 rings (SSSR count). The van der Waals surface area contributed by atoms with E-state index in [1.54, 1.807) is 66.5 Å². The van der Waals surface area contributed by atoms with Crippen LogP contribution in [0.5, 0.6) is 0 Å². The Labute approximate surface area is 834 Å². The van der Waals surface area contributed by atoms with Gasteiger partial charge in [-0.1, -0.05) is 345 Å². The molecule has 0 spiro atoms. The Hall–Kier alpha value is -12.1. The number of hydrogen-bond donors (Lipinski definition) is 1. The molecule has 0 bridgehead atoms. The number of esters is 4. The Morgan fingerprint density at radius 3 is 0.926 bits per heavy atom. The van der Waals surface area contributed by atoms with E-state index >= 15 is 0 Å². The molecule has 135 heavy (non-hydrogen) atoms. The van der Waals surface area contributed by atoms with Gasteiger partial charge in [0.15, 0.2) is 0 Å². The summed E-state index contributed by atoms with van der Waals surface area (Å²) in [7, 11) is 3.97. The van der Waals surface area contributed by atoms with Crippen molar-refractivity contribution in [3.63, 3.8) is 0 Å². The molecule has 0 heterocycles. The summed E-state index contributed by atoms with van der Waals surface area (Å²) in [6, 6.07) is 110. The molecule has 0 saturated heterocycles. The van der Waals surface area contributed by atoms with Gasteiger partial charge in [0.2, 0.25) is 0 Å². The van der Waals surface area contributed by atoms with Crippen LogP contribution in [-0.4, -0.2) is 100 Å². The molecule has 702 valence electrons. The summed E-state index contributed by atoms with van der Waals surface area (Å²) in [5.74, 6) is -1.13. The van der Waals surface area contributed by atoms with E-state index in [1.807, 2.05) is 103 Å². The van der Waals surface area contributed by atoms with Gasteiger partial charge in [-0.25, -0.2) is 14.4 Å². The molecular formula is C116H130BrNaO15P2. The Kier molecular flexibility index (Phi) is 61.2. The van der Waals surface area contributed by atoms with E-state index in [0.717, 1.165) is 82.1 Å². The van der Waals surface area contributed by atoms with Crippen LogP contribution in [0.1, 0.15) is 193 Å². The Morgan fingerprint density at radius 2 is 0.622 bits per heavy atom. The fourth-order valence-electron chi connectivity index (χ4n) is 13.9. The zero-order valence-corrected chi connectivity index (χ0v) is 85.2. The van der Waals surface area contributed by atoms with Crippen molar-refractivity contribution in [3.05, 3.63) is 413 Å². The molecule has 12 aromatic carbocycles. The largest absolute Gasteiger partial charge is 1.00 e. The molecular weight excluding hydrogens is 1800 g/mol. The second-order valence-corrected chi connectivity index (χ2v) is 37.6. The molecule has 12 aromatic rings. The predicted octanol–water partition coefficient (Wildman–Crippen LogP) is 15.9. The maximum atomic E-state index is 12.3. The number of carboxylic acid groups (broad SMARTS) is 2. The SMILES string of the molecule is CCC=Cc1cccc(/C=C/C(=O)OC)c1.CCCC[P+](c1ccccc1)(c1ccccc1)c1ccccc1.CCCCc1cccc(CCC(=O)O)c1.CCCCc1cccc(CCC(=O)OC)c1.CCCCc1cccc(CCC(=O)[O-])c1.COC(=O)/C=C/c1cccc(C=O)c1.COC(=O)C=P(c1ccccc1)(c1ccccc1)c1ccccc1.O=Cc1cccc(C=O)c1.[Br-].[Na+]. The van der Waals surface area contributed by atoms with Crippen molar-refractivity contribution in [3.8, 4) is 0 Å². The summed E-state index contributed by atoms with van der Waals surface area (Å²) in [5, 5.41) is 26.8. The number of rotatable bonds is 37. The number of aliphatic carboxylic acids is 2. The third-order valence-corrected chi connectivity index (χ3v) is 29.3. The molecule has 0 fully saturated rings. The molecule has 0 amide bonds. The fourth-order valence-corrected chi connectivity index (χ4v) is 22.1. The van der Waals surface area contributed by atoms with Crippen LogP contribution in [0.4, 0.5) is 0 Å². The number of halogens is 1. The second kappa shape index (κ2) is 70.6. The molecule has 0 aliphatic heterocycles. The number of carboxylic acids is 2. The van der Waals surface area contributed by atoms with Gasteiger partial charge in [-0.2, -0.15) is 0 Å². The number of carbonyl (C=O) groups is 9. The van der Waals surface area contributed by atoms with E-state index in [1.165, 1.54) is 136 Å². The number of methoxy groups -OCH3 is 4. The molecule has 0 atom stereocenters. The van der Waals surface area contributed by atoms with Crippen molar-refractivity contribution in [2.45, 2.75) is 150 Å². The third-order valence-electron chi connectivity index (χ3n) is 20.9. The van der Waals surface area contributed by atoms with Gasteiger partial charge in [-0.15, -0.1) is 0 Å². The zero-order chi connectivity index (χ0) is 96.4. The molecule has 19 heteroatoms. The maximum absolute atomic E-state index is 12.3. The first kappa shape index (κ1) is 117. The number of unbranched alkanes of at least 4 members (excludes halogenated alkanes) is 4. The molecule has 0 aromatic heterocycles. The minimum absolute atomic E-state index is 0. The minimum Gasteiger partial charge on any atom is -1.00 e. The summed E-state index contributed by atoms with van der Waals surface area (Å²) in [4.78, 5) is 96.5. The first-order valence-electron chi connectivity index (χ1n) is 45.3. The van der Waals surface area contributed by atoms with E-state index in [0.29, 0.717) is 48.5 Å². The number of ether oxygens (including phenoxy) is 4. The Balaban J connectivity index is 0.000000401. The summed E-state index contributed by atoms with van der Waals surface area (Å²) >= 11 is 0. The molecule has 0 aliphatic carbocycles.